The summed E-state index contributed by atoms with van der Waals surface area (Å²) in [5, 5.41) is 3.28. The molecule has 0 saturated carbocycles. The van der Waals surface area contributed by atoms with Crippen LogP contribution in [0.15, 0.2) is 65.6 Å². The van der Waals surface area contributed by atoms with Crippen LogP contribution in [-0.4, -0.2) is 28.5 Å². The standard InChI is InChI=1S/C22H21ClN2O5S/c1-14-12-19(21(30-3)13-17(14)23)24-22(26)15-8-10-16(11-9-15)31(27,28)25-18-6-4-5-7-20(18)29-2/h4-13,25H,1-3H3,(H,24,26). The molecule has 0 saturated heterocycles. The highest BCUT2D eigenvalue weighted by molar-refractivity contribution is 7.92. The van der Waals surface area contributed by atoms with E-state index in [4.69, 9.17) is 21.1 Å². The van der Waals surface area contributed by atoms with Crippen molar-refractivity contribution in [3.8, 4) is 11.5 Å². The molecule has 0 aliphatic rings. The van der Waals surface area contributed by atoms with Crippen molar-refractivity contribution in [3.63, 3.8) is 0 Å². The van der Waals surface area contributed by atoms with Gasteiger partial charge in [0.05, 0.1) is 30.5 Å². The molecule has 3 rings (SSSR count). The van der Waals surface area contributed by atoms with Gasteiger partial charge in [-0.15, -0.1) is 0 Å². The van der Waals surface area contributed by atoms with Crippen LogP contribution in [0.2, 0.25) is 5.02 Å². The molecule has 9 heteroatoms. The van der Waals surface area contributed by atoms with Crippen LogP contribution >= 0.6 is 11.6 Å². The van der Waals surface area contributed by atoms with Crippen LogP contribution in [0.3, 0.4) is 0 Å². The fraction of sp³-hybridized carbons (Fsp3) is 0.136. The Labute approximate surface area is 186 Å². The molecule has 3 aromatic carbocycles. The summed E-state index contributed by atoms with van der Waals surface area (Å²) in [4.78, 5) is 12.6. The average molecular weight is 461 g/mol. The van der Waals surface area contributed by atoms with Gasteiger partial charge in [-0.3, -0.25) is 9.52 Å². The Morgan fingerprint density at radius 3 is 2.19 bits per heavy atom. The third-order valence-corrected chi connectivity index (χ3v) is 6.30. The highest BCUT2D eigenvalue weighted by Gasteiger charge is 2.18. The number of anilines is 2. The normalized spacial score (nSPS) is 11.0. The summed E-state index contributed by atoms with van der Waals surface area (Å²) in [6, 6.07) is 15.6. The number of carbonyl (C=O) groups is 1. The molecule has 0 aliphatic carbocycles. The molecule has 7 nitrogen and oxygen atoms in total. The summed E-state index contributed by atoms with van der Waals surface area (Å²) in [5.41, 5.74) is 1.84. The van der Waals surface area contributed by atoms with E-state index in [0.717, 1.165) is 5.56 Å². The van der Waals surface area contributed by atoms with Crippen LogP contribution in [0.4, 0.5) is 11.4 Å². The Morgan fingerprint density at radius 1 is 0.903 bits per heavy atom. The minimum Gasteiger partial charge on any atom is -0.495 e. The van der Waals surface area contributed by atoms with E-state index in [1.54, 1.807) is 36.4 Å². The summed E-state index contributed by atoms with van der Waals surface area (Å²) < 4.78 is 38.3. The Morgan fingerprint density at radius 2 is 1.55 bits per heavy atom. The topological polar surface area (TPSA) is 93.7 Å². The van der Waals surface area contributed by atoms with Gasteiger partial charge in [-0.25, -0.2) is 8.42 Å². The number of benzene rings is 3. The van der Waals surface area contributed by atoms with E-state index in [9.17, 15) is 13.2 Å². The Balaban J connectivity index is 1.79. The number of halogens is 1. The van der Waals surface area contributed by atoms with Crippen molar-refractivity contribution < 1.29 is 22.7 Å². The zero-order valence-corrected chi connectivity index (χ0v) is 18.7. The average Bonchev–Trinajstić information content (AvgIpc) is 2.76. The number of nitrogens with one attached hydrogen (secondary N) is 2. The van der Waals surface area contributed by atoms with E-state index in [-0.39, 0.29) is 10.5 Å². The summed E-state index contributed by atoms with van der Waals surface area (Å²) >= 11 is 6.09. The lowest BCUT2D eigenvalue weighted by Crippen LogP contribution is -2.15. The van der Waals surface area contributed by atoms with Crippen LogP contribution in [0.5, 0.6) is 11.5 Å². The van der Waals surface area contributed by atoms with Crippen LogP contribution in [0, 0.1) is 6.92 Å². The first-order chi connectivity index (χ1) is 14.7. The second-order valence-electron chi connectivity index (χ2n) is 6.59. The molecule has 3 aromatic rings. The summed E-state index contributed by atoms with van der Waals surface area (Å²) in [6.07, 6.45) is 0. The Bertz CT molecular complexity index is 1210. The zero-order valence-electron chi connectivity index (χ0n) is 17.1. The number of hydrogen-bond acceptors (Lipinski definition) is 5. The van der Waals surface area contributed by atoms with E-state index in [1.807, 2.05) is 6.92 Å². The predicted molar refractivity (Wildman–Crippen MR) is 121 cm³/mol. The van der Waals surface area contributed by atoms with Gasteiger partial charge in [0.25, 0.3) is 15.9 Å². The van der Waals surface area contributed by atoms with E-state index >= 15 is 0 Å². The van der Waals surface area contributed by atoms with Crippen molar-refractivity contribution in [2.24, 2.45) is 0 Å². The van der Waals surface area contributed by atoms with Gasteiger partial charge in [0.2, 0.25) is 0 Å². The van der Waals surface area contributed by atoms with Gasteiger partial charge >= 0.3 is 0 Å². The number of para-hydroxylation sites is 2. The number of sulfonamides is 1. The van der Waals surface area contributed by atoms with Crippen molar-refractivity contribution in [1.82, 2.24) is 0 Å². The molecule has 1 amide bonds. The fourth-order valence-electron chi connectivity index (χ4n) is 2.84. The predicted octanol–water partition coefficient (Wildman–Crippen LogP) is 4.72. The summed E-state index contributed by atoms with van der Waals surface area (Å²) in [6.45, 7) is 1.81. The van der Waals surface area contributed by atoms with Crippen LogP contribution in [0.25, 0.3) is 0 Å². The van der Waals surface area contributed by atoms with Crippen LogP contribution in [0.1, 0.15) is 15.9 Å². The largest absolute Gasteiger partial charge is 0.495 e. The maximum atomic E-state index is 12.7. The molecule has 162 valence electrons. The van der Waals surface area contributed by atoms with Gasteiger partial charge in [-0.05, 0) is 55.0 Å². The van der Waals surface area contributed by atoms with E-state index in [1.165, 1.54) is 38.5 Å². The molecule has 0 aromatic heterocycles. The van der Waals surface area contributed by atoms with Crippen molar-refractivity contribution in [1.29, 1.82) is 0 Å². The van der Waals surface area contributed by atoms with Crippen LogP contribution < -0.4 is 19.5 Å². The second kappa shape index (κ2) is 9.28. The van der Waals surface area contributed by atoms with Crippen molar-refractivity contribution in [3.05, 3.63) is 76.8 Å². The van der Waals surface area contributed by atoms with Gasteiger partial charge in [0.1, 0.15) is 11.5 Å². The van der Waals surface area contributed by atoms with Gasteiger partial charge in [0, 0.05) is 16.7 Å². The van der Waals surface area contributed by atoms with E-state index in [2.05, 4.69) is 10.0 Å². The molecule has 0 bridgehead atoms. The smallest absolute Gasteiger partial charge is 0.262 e. The Hall–Kier alpha value is -3.23. The maximum absolute atomic E-state index is 12.7. The maximum Gasteiger partial charge on any atom is 0.262 e. The fourth-order valence-corrected chi connectivity index (χ4v) is 4.07. The molecule has 0 aliphatic heterocycles. The molecule has 0 unspecified atom stereocenters. The van der Waals surface area contributed by atoms with Gasteiger partial charge in [-0.2, -0.15) is 0 Å². The lowest BCUT2D eigenvalue weighted by molar-refractivity contribution is 0.102. The lowest BCUT2D eigenvalue weighted by atomic mass is 10.1. The molecule has 31 heavy (non-hydrogen) atoms. The highest BCUT2D eigenvalue weighted by Crippen LogP contribution is 2.31. The number of rotatable bonds is 7. The number of methoxy groups -OCH3 is 2. The van der Waals surface area contributed by atoms with Gasteiger partial charge < -0.3 is 14.8 Å². The van der Waals surface area contributed by atoms with Gasteiger partial charge in [-0.1, -0.05) is 23.7 Å². The molecule has 0 atom stereocenters. The molecule has 0 heterocycles. The summed E-state index contributed by atoms with van der Waals surface area (Å²) in [5.74, 6) is 0.403. The first kappa shape index (κ1) is 22.5. The molecule has 0 radical (unpaired) electrons. The van der Waals surface area contributed by atoms with Crippen molar-refractivity contribution >= 4 is 38.9 Å². The number of ether oxygens (including phenoxy) is 2. The highest BCUT2D eigenvalue weighted by atomic mass is 35.5. The summed E-state index contributed by atoms with van der Waals surface area (Å²) in [7, 11) is -0.931. The number of amides is 1. The number of carbonyl (C=O) groups excluding carboxylic acids is 1. The SMILES string of the molecule is COc1cc(Cl)c(C)cc1NC(=O)c1ccc(S(=O)(=O)Nc2ccccc2OC)cc1. The number of hydrogen-bond donors (Lipinski definition) is 2. The first-order valence-electron chi connectivity index (χ1n) is 9.16. The van der Waals surface area contributed by atoms with Crippen molar-refractivity contribution in [2.75, 3.05) is 24.3 Å². The first-order valence-corrected chi connectivity index (χ1v) is 11.0. The minimum atomic E-state index is -3.86. The van der Waals surface area contributed by atoms with Crippen molar-refractivity contribution in [2.45, 2.75) is 11.8 Å². The second-order valence-corrected chi connectivity index (χ2v) is 8.68. The minimum absolute atomic E-state index is 0.00914. The molecule has 0 fully saturated rings. The molecule has 2 N–H and O–H groups in total. The molecular weight excluding hydrogens is 440 g/mol. The molecule has 0 spiro atoms. The quantitative estimate of drug-likeness (QED) is 0.532. The number of aryl methyl sites for hydroxylation is 1. The third-order valence-electron chi connectivity index (χ3n) is 4.51. The Kier molecular flexibility index (Phi) is 6.72. The zero-order chi connectivity index (χ0) is 22.6. The van der Waals surface area contributed by atoms with E-state index < -0.39 is 15.9 Å². The van der Waals surface area contributed by atoms with E-state index in [0.29, 0.717) is 27.9 Å². The van der Waals surface area contributed by atoms with Crippen LogP contribution in [-0.2, 0) is 10.0 Å². The third kappa shape index (κ3) is 5.10. The molecular formula is C22H21ClN2O5S. The lowest BCUT2D eigenvalue weighted by Gasteiger charge is -2.13. The van der Waals surface area contributed by atoms with Gasteiger partial charge in [0.15, 0.2) is 0 Å². The monoisotopic (exact) mass is 460 g/mol.